The van der Waals surface area contributed by atoms with Gasteiger partial charge in [0.15, 0.2) is 11.6 Å². The number of likely N-dealkylation sites (tertiary alicyclic amines) is 1. The number of nitrogens with zero attached hydrogens (tertiary/aromatic N) is 3. The number of pyridine rings is 2. The smallest absolute Gasteiger partial charge is 0.213 e. The maximum Gasteiger partial charge on any atom is 0.213 e. The monoisotopic (exact) mass is 423 g/mol. The lowest BCUT2D eigenvalue weighted by molar-refractivity contribution is 0.103. The van der Waals surface area contributed by atoms with Crippen molar-refractivity contribution in [2.45, 2.75) is 25.3 Å². The molecule has 0 atom stereocenters. The van der Waals surface area contributed by atoms with Crippen molar-refractivity contribution in [3.63, 3.8) is 0 Å². The number of halogens is 2. The van der Waals surface area contributed by atoms with Crippen LogP contribution in [0.15, 0.2) is 54.9 Å². The van der Waals surface area contributed by atoms with E-state index in [2.05, 4.69) is 20.9 Å². The number of aromatic nitrogens is 2. The molecule has 0 radical (unpaired) electrons. The molecule has 0 saturated carbocycles. The standard InChI is InChI=1S/C24H23F2N3O2/c1-31-23-13-18(6-9-27-23)17-7-10-29(11-8-17)15-16-2-5-22(28-14-16)24(30)19-3-4-20(25)21(26)12-19/h2-6,9,12-14,17H,7-8,10-11,15H2,1H3. The predicted octanol–water partition coefficient (Wildman–Crippen LogP) is 4.37. The summed E-state index contributed by atoms with van der Waals surface area (Å²) in [7, 11) is 1.62. The highest BCUT2D eigenvalue weighted by Gasteiger charge is 2.21. The number of methoxy groups -OCH3 is 1. The van der Waals surface area contributed by atoms with Crippen LogP contribution in [0.4, 0.5) is 8.78 Å². The van der Waals surface area contributed by atoms with Gasteiger partial charge >= 0.3 is 0 Å². The van der Waals surface area contributed by atoms with Gasteiger partial charge in [0, 0.05) is 30.6 Å². The quantitative estimate of drug-likeness (QED) is 0.551. The van der Waals surface area contributed by atoms with Crippen molar-refractivity contribution in [1.82, 2.24) is 14.9 Å². The molecule has 0 bridgehead atoms. The molecule has 4 rings (SSSR count). The zero-order valence-electron chi connectivity index (χ0n) is 17.2. The van der Waals surface area contributed by atoms with Crippen LogP contribution < -0.4 is 4.74 Å². The maximum absolute atomic E-state index is 13.4. The molecule has 2 aromatic heterocycles. The van der Waals surface area contributed by atoms with Crippen molar-refractivity contribution in [2.75, 3.05) is 20.2 Å². The summed E-state index contributed by atoms with van der Waals surface area (Å²) in [5.41, 5.74) is 2.55. The number of benzene rings is 1. The van der Waals surface area contributed by atoms with Crippen molar-refractivity contribution in [3.05, 3.63) is 88.9 Å². The van der Waals surface area contributed by atoms with Crippen LogP contribution >= 0.6 is 0 Å². The molecule has 0 N–H and O–H groups in total. The molecule has 0 amide bonds. The van der Waals surface area contributed by atoms with E-state index in [1.807, 2.05) is 12.1 Å². The second kappa shape index (κ2) is 9.31. The Morgan fingerprint density at radius 1 is 1.06 bits per heavy atom. The molecule has 7 heteroatoms. The van der Waals surface area contributed by atoms with Gasteiger partial charge in [-0.1, -0.05) is 6.07 Å². The summed E-state index contributed by atoms with van der Waals surface area (Å²) in [4.78, 5) is 23.2. The van der Waals surface area contributed by atoms with E-state index in [4.69, 9.17) is 4.74 Å². The molecule has 31 heavy (non-hydrogen) atoms. The third-order valence-electron chi connectivity index (χ3n) is 5.67. The highest BCUT2D eigenvalue weighted by Crippen LogP contribution is 2.29. The summed E-state index contributed by atoms with van der Waals surface area (Å²) in [5.74, 6) is -1.33. The highest BCUT2D eigenvalue weighted by atomic mass is 19.2. The second-order valence-corrected chi connectivity index (χ2v) is 7.69. The minimum Gasteiger partial charge on any atom is -0.481 e. The van der Waals surface area contributed by atoms with Crippen LogP contribution in [0.2, 0.25) is 0 Å². The minimum atomic E-state index is -1.05. The Morgan fingerprint density at radius 3 is 2.55 bits per heavy atom. The summed E-state index contributed by atoms with van der Waals surface area (Å²) in [6, 6.07) is 10.7. The van der Waals surface area contributed by atoms with Gasteiger partial charge in [-0.05, 0) is 73.3 Å². The molecule has 3 heterocycles. The van der Waals surface area contributed by atoms with Gasteiger partial charge in [-0.15, -0.1) is 0 Å². The molecule has 0 unspecified atom stereocenters. The van der Waals surface area contributed by atoms with Gasteiger partial charge in [-0.3, -0.25) is 14.7 Å². The summed E-state index contributed by atoms with van der Waals surface area (Å²) in [5, 5.41) is 0. The van der Waals surface area contributed by atoms with E-state index in [9.17, 15) is 13.6 Å². The van der Waals surface area contributed by atoms with Gasteiger partial charge in [0.2, 0.25) is 11.7 Å². The van der Waals surface area contributed by atoms with E-state index in [1.165, 1.54) is 11.6 Å². The first kappa shape index (κ1) is 21.1. The van der Waals surface area contributed by atoms with Crippen molar-refractivity contribution in [2.24, 2.45) is 0 Å². The van der Waals surface area contributed by atoms with Crippen LogP contribution in [-0.2, 0) is 6.54 Å². The van der Waals surface area contributed by atoms with Gasteiger partial charge in [-0.25, -0.2) is 13.8 Å². The molecule has 1 saturated heterocycles. The van der Waals surface area contributed by atoms with E-state index in [1.54, 1.807) is 25.6 Å². The lowest BCUT2D eigenvalue weighted by atomic mass is 9.90. The van der Waals surface area contributed by atoms with Crippen molar-refractivity contribution >= 4 is 5.78 Å². The Labute approximate surface area is 179 Å². The zero-order valence-corrected chi connectivity index (χ0v) is 17.2. The average molecular weight is 423 g/mol. The molecular weight excluding hydrogens is 400 g/mol. The molecular formula is C24H23F2N3O2. The summed E-state index contributed by atoms with van der Waals surface area (Å²) in [6.45, 7) is 2.68. The SMILES string of the molecule is COc1cc(C2CCN(Cc3ccc(C(=O)c4ccc(F)c(F)c4)nc3)CC2)ccn1. The number of rotatable bonds is 6. The largest absolute Gasteiger partial charge is 0.481 e. The zero-order chi connectivity index (χ0) is 21.8. The number of carbonyl (C=O) groups excluding carboxylic acids is 1. The lowest BCUT2D eigenvalue weighted by Gasteiger charge is -2.32. The number of ether oxygens (including phenoxy) is 1. The molecule has 3 aromatic rings. The van der Waals surface area contributed by atoms with Crippen LogP contribution in [0.25, 0.3) is 0 Å². The Morgan fingerprint density at radius 2 is 1.87 bits per heavy atom. The second-order valence-electron chi connectivity index (χ2n) is 7.69. The van der Waals surface area contributed by atoms with Gasteiger partial charge in [0.05, 0.1) is 7.11 Å². The van der Waals surface area contributed by atoms with E-state index in [0.717, 1.165) is 50.2 Å². The minimum absolute atomic E-state index is 0.0777. The summed E-state index contributed by atoms with van der Waals surface area (Å²) < 4.78 is 31.7. The summed E-state index contributed by atoms with van der Waals surface area (Å²) >= 11 is 0. The van der Waals surface area contributed by atoms with Gasteiger partial charge in [-0.2, -0.15) is 0 Å². The molecule has 0 spiro atoms. The van der Waals surface area contributed by atoms with Crippen LogP contribution in [0.3, 0.4) is 0 Å². The van der Waals surface area contributed by atoms with Gasteiger partial charge in [0.25, 0.3) is 0 Å². The van der Waals surface area contributed by atoms with Crippen molar-refractivity contribution < 1.29 is 18.3 Å². The lowest BCUT2D eigenvalue weighted by Crippen LogP contribution is -2.32. The van der Waals surface area contributed by atoms with Gasteiger partial charge < -0.3 is 4.74 Å². The highest BCUT2D eigenvalue weighted by molar-refractivity contribution is 6.07. The van der Waals surface area contributed by atoms with Crippen molar-refractivity contribution in [1.29, 1.82) is 0 Å². The van der Waals surface area contributed by atoms with E-state index >= 15 is 0 Å². The molecule has 160 valence electrons. The van der Waals surface area contributed by atoms with Crippen LogP contribution in [0.1, 0.15) is 45.9 Å². The average Bonchev–Trinajstić information content (AvgIpc) is 2.81. The molecule has 1 aromatic carbocycles. The van der Waals surface area contributed by atoms with Crippen LogP contribution in [0, 0.1) is 11.6 Å². The Balaban J connectivity index is 1.34. The molecule has 1 aliphatic rings. The van der Waals surface area contributed by atoms with Crippen LogP contribution in [-0.4, -0.2) is 40.9 Å². The molecule has 5 nitrogen and oxygen atoms in total. The Hall–Kier alpha value is -3.19. The fourth-order valence-corrected chi connectivity index (χ4v) is 3.91. The Bertz CT molecular complexity index is 1060. The van der Waals surface area contributed by atoms with E-state index in [-0.39, 0.29) is 11.3 Å². The number of hydrogen-bond donors (Lipinski definition) is 0. The molecule has 0 aliphatic carbocycles. The fourth-order valence-electron chi connectivity index (χ4n) is 3.91. The normalized spacial score (nSPS) is 15.1. The van der Waals surface area contributed by atoms with Gasteiger partial charge in [0.1, 0.15) is 5.69 Å². The van der Waals surface area contributed by atoms with Crippen LogP contribution in [0.5, 0.6) is 5.88 Å². The predicted molar refractivity (Wildman–Crippen MR) is 112 cm³/mol. The van der Waals surface area contributed by atoms with E-state index in [0.29, 0.717) is 11.8 Å². The van der Waals surface area contributed by atoms with E-state index < -0.39 is 17.4 Å². The summed E-state index contributed by atoms with van der Waals surface area (Å²) in [6.07, 6.45) is 5.56. The first-order valence-electron chi connectivity index (χ1n) is 10.2. The Kier molecular flexibility index (Phi) is 6.32. The maximum atomic E-state index is 13.4. The third-order valence-corrected chi connectivity index (χ3v) is 5.67. The molecule has 1 fully saturated rings. The topological polar surface area (TPSA) is 55.3 Å². The number of ketones is 1. The first-order chi connectivity index (χ1) is 15.0. The number of carbonyl (C=O) groups is 1. The van der Waals surface area contributed by atoms with Crippen molar-refractivity contribution in [3.8, 4) is 5.88 Å². The fraction of sp³-hybridized carbons (Fsp3) is 0.292. The number of hydrogen-bond acceptors (Lipinski definition) is 5. The first-order valence-corrected chi connectivity index (χ1v) is 10.2. The third kappa shape index (κ3) is 4.94. The molecule has 1 aliphatic heterocycles. The number of piperidine rings is 1.